The Labute approximate surface area is 192 Å². The maximum atomic E-state index is 13.5. The number of esters is 1. The summed E-state index contributed by atoms with van der Waals surface area (Å²) in [5.41, 5.74) is 8.46. The minimum absolute atomic E-state index is 0.0344. The Morgan fingerprint density at radius 3 is 2.52 bits per heavy atom. The summed E-state index contributed by atoms with van der Waals surface area (Å²) in [4.78, 5) is 26.5. The molecule has 2 atom stereocenters. The lowest BCUT2D eigenvalue weighted by molar-refractivity contribution is -0.139. The van der Waals surface area contributed by atoms with Gasteiger partial charge < -0.3 is 24.7 Å². The molecule has 4 rings (SSSR count). The first-order chi connectivity index (χ1) is 16.0. The third-order valence-corrected chi connectivity index (χ3v) is 6.06. The topological polar surface area (TPSA) is 97.1 Å². The highest BCUT2D eigenvalue weighted by molar-refractivity contribution is 6.04. The van der Waals surface area contributed by atoms with Crippen molar-refractivity contribution in [3.05, 3.63) is 82.4 Å². The van der Waals surface area contributed by atoms with Crippen molar-refractivity contribution < 1.29 is 28.5 Å². The average Bonchev–Trinajstić information content (AvgIpc) is 2.83. The lowest BCUT2D eigenvalue weighted by Gasteiger charge is -2.35. The number of rotatable bonds is 6. The van der Waals surface area contributed by atoms with Crippen LogP contribution in [0.1, 0.15) is 42.7 Å². The number of hydrogen-bond donors (Lipinski definition) is 1. The van der Waals surface area contributed by atoms with Gasteiger partial charge in [0.25, 0.3) is 0 Å². The van der Waals surface area contributed by atoms with Crippen molar-refractivity contribution in [3.8, 4) is 11.5 Å². The van der Waals surface area contributed by atoms with Crippen LogP contribution in [0.25, 0.3) is 0 Å². The first kappa shape index (κ1) is 22.5. The molecule has 1 heterocycles. The lowest BCUT2D eigenvalue weighted by atomic mass is 9.73. The summed E-state index contributed by atoms with van der Waals surface area (Å²) in [6, 6.07) is 15.1. The fourth-order valence-corrected chi connectivity index (χ4v) is 4.54. The summed E-state index contributed by atoms with van der Waals surface area (Å²) < 4.78 is 22.1. The fraction of sp³-hybridized carbons (Fsp3) is 0.308. The predicted octanol–water partition coefficient (Wildman–Crippen LogP) is 3.95. The van der Waals surface area contributed by atoms with Crippen molar-refractivity contribution in [2.75, 3.05) is 20.8 Å². The number of ketones is 1. The van der Waals surface area contributed by atoms with E-state index in [-0.39, 0.29) is 29.8 Å². The highest BCUT2D eigenvalue weighted by Crippen LogP contribution is 2.49. The third kappa shape index (κ3) is 4.18. The van der Waals surface area contributed by atoms with Gasteiger partial charge in [0.05, 0.1) is 26.7 Å². The summed E-state index contributed by atoms with van der Waals surface area (Å²) in [6.45, 7) is 1.88. The van der Waals surface area contributed by atoms with Crippen LogP contribution in [-0.4, -0.2) is 32.6 Å². The van der Waals surface area contributed by atoms with Gasteiger partial charge in [-0.05, 0) is 24.5 Å². The van der Waals surface area contributed by atoms with Crippen LogP contribution in [0.5, 0.6) is 11.5 Å². The molecule has 2 aliphatic rings. The number of nitrogens with two attached hydrogens (primary N) is 1. The molecule has 1 aliphatic carbocycles. The fourth-order valence-electron chi connectivity index (χ4n) is 4.54. The summed E-state index contributed by atoms with van der Waals surface area (Å²) in [5, 5.41) is 0. The Balaban J connectivity index is 1.85. The molecule has 7 heteroatoms. The van der Waals surface area contributed by atoms with Gasteiger partial charge in [-0.1, -0.05) is 36.4 Å². The molecule has 1 aliphatic heterocycles. The Hall–Kier alpha value is -3.74. The highest BCUT2D eigenvalue weighted by Gasteiger charge is 2.44. The van der Waals surface area contributed by atoms with Crippen LogP contribution in [0.3, 0.4) is 0 Å². The predicted molar refractivity (Wildman–Crippen MR) is 122 cm³/mol. The SMILES string of the molecule is CCOC(=O)C1=C(N)OC2=C(C(=O)C[C@@H](c3ccccc3)C2)[C@H]1c1ccc(OC)cc1OC. The van der Waals surface area contributed by atoms with Gasteiger partial charge in [0.15, 0.2) is 5.78 Å². The number of methoxy groups -OCH3 is 2. The molecule has 0 saturated heterocycles. The molecule has 0 bridgehead atoms. The maximum Gasteiger partial charge on any atom is 0.340 e. The van der Waals surface area contributed by atoms with Crippen LogP contribution >= 0.6 is 0 Å². The van der Waals surface area contributed by atoms with E-state index in [2.05, 4.69) is 0 Å². The van der Waals surface area contributed by atoms with E-state index in [4.69, 9.17) is 24.7 Å². The number of allylic oxidation sites excluding steroid dienone is 2. The summed E-state index contributed by atoms with van der Waals surface area (Å²) in [5.74, 6) is -0.0354. The molecule has 0 spiro atoms. The van der Waals surface area contributed by atoms with Crippen LogP contribution in [0.15, 0.2) is 71.3 Å². The molecule has 0 saturated carbocycles. The van der Waals surface area contributed by atoms with Crippen LogP contribution < -0.4 is 15.2 Å². The molecule has 2 N–H and O–H groups in total. The number of carbonyl (C=O) groups is 2. The summed E-state index contributed by atoms with van der Waals surface area (Å²) in [6.07, 6.45) is 0.800. The third-order valence-electron chi connectivity index (χ3n) is 6.06. The highest BCUT2D eigenvalue weighted by atomic mass is 16.5. The number of benzene rings is 2. The van der Waals surface area contributed by atoms with Gasteiger partial charge >= 0.3 is 5.97 Å². The van der Waals surface area contributed by atoms with Crippen molar-refractivity contribution in [1.82, 2.24) is 0 Å². The zero-order valence-corrected chi connectivity index (χ0v) is 18.9. The van der Waals surface area contributed by atoms with Gasteiger partial charge in [-0.3, -0.25) is 4.79 Å². The molecule has 2 aromatic carbocycles. The van der Waals surface area contributed by atoms with Crippen molar-refractivity contribution in [1.29, 1.82) is 0 Å². The summed E-state index contributed by atoms with van der Waals surface area (Å²) >= 11 is 0. The number of hydrogen-bond acceptors (Lipinski definition) is 7. The molecule has 0 amide bonds. The van der Waals surface area contributed by atoms with E-state index < -0.39 is 11.9 Å². The standard InChI is InChI=1S/C26H27NO6/c1-4-32-26(29)24-22(18-11-10-17(30-2)14-20(18)31-3)23-19(28)12-16(13-21(23)33-25(24)27)15-8-6-5-7-9-15/h5-11,14,16,22H,4,12-13,27H2,1-3H3/t16-,22-/m1/s1. The minimum atomic E-state index is -0.766. The molecule has 2 aromatic rings. The van der Waals surface area contributed by atoms with Crippen molar-refractivity contribution in [3.63, 3.8) is 0 Å². The second kappa shape index (κ2) is 9.40. The monoisotopic (exact) mass is 449 g/mol. The molecular weight excluding hydrogens is 422 g/mol. The molecule has 172 valence electrons. The Morgan fingerprint density at radius 2 is 1.85 bits per heavy atom. The van der Waals surface area contributed by atoms with Gasteiger partial charge in [0.2, 0.25) is 5.88 Å². The van der Waals surface area contributed by atoms with E-state index in [9.17, 15) is 9.59 Å². The van der Waals surface area contributed by atoms with Crippen molar-refractivity contribution >= 4 is 11.8 Å². The maximum absolute atomic E-state index is 13.5. The summed E-state index contributed by atoms with van der Waals surface area (Å²) in [7, 11) is 3.08. The van der Waals surface area contributed by atoms with E-state index in [0.717, 1.165) is 5.56 Å². The van der Waals surface area contributed by atoms with Gasteiger partial charge in [-0.2, -0.15) is 0 Å². The molecule has 0 fully saturated rings. The first-order valence-corrected chi connectivity index (χ1v) is 10.9. The molecule has 0 unspecified atom stereocenters. The number of Topliss-reactive ketones (excluding diaryl/α,β-unsaturated/α-hetero) is 1. The van der Waals surface area contributed by atoms with E-state index in [1.165, 1.54) is 7.11 Å². The lowest BCUT2D eigenvalue weighted by Crippen LogP contribution is -2.33. The molecule has 0 radical (unpaired) electrons. The van der Waals surface area contributed by atoms with Crippen molar-refractivity contribution in [2.45, 2.75) is 31.6 Å². The smallest absolute Gasteiger partial charge is 0.340 e. The molecule has 33 heavy (non-hydrogen) atoms. The molecule has 0 aromatic heterocycles. The van der Waals surface area contributed by atoms with Gasteiger partial charge in [-0.25, -0.2) is 4.79 Å². The second-order valence-electron chi connectivity index (χ2n) is 7.92. The second-order valence-corrected chi connectivity index (χ2v) is 7.92. The quantitative estimate of drug-likeness (QED) is 0.667. The van der Waals surface area contributed by atoms with Crippen LogP contribution in [0, 0.1) is 0 Å². The molecule has 7 nitrogen and oxygen atoms in total. The van der Waals surface area contributed by atoms with E-state index in [1.807, 2.05) is 30.3 Å². The Kier molecular flexibility index (Phi) is 6.40. The normalized spacial score (nSPS) is 20.2. The van der Waals surface area contributed by atoms with Crippen molar-refractivity contribution in [2.24, 2.45) is 5.73 Å². The Bertz CT molecular complexity index is 1130. The van der Waals surface area contributed by atoms with Crippen LogP contribution in [0.4, 0.5) is 0 Å². The zero-order chi connectivity index (χ0) is 23.5. The largest absolute Gasteiger partial charge is 0.497 e. The number of ether oxygens (including phenoxy) is 4. The molecular formula is C26H27NO6. The van der Waals surface area contributed by atoms with E-state index >= 15 is 0 Å². The van der Waals surface area contributed by atoms with Crippen LogP contribution in [-0.2, 0) is 19.1 Å². The Morgan fingerprint density at radius 1 is 1.09 bits per heavy atom. The minimum Gasteiger partial charge on any atom is -0.497 e. The van der Waals surface area contributed by atoms with Gasteiger partial charge in [-0.15, -0.1) is 0 Å². The first-order valence-electron chi connectivity index (χ1n) is 10.9. The van der Waals surface area contributed by atoms with E-state index in [0.29, 0.717) is 41.2 Å². The van der Waals surface area contributed by atoms with Gasteiger partial charge in [0, 0.05) is 30.0 Å². The average molecular weight is 450 g/mol. The van der Waals surface area contributed by atoms with E-state index in [1.54, 1.807) is 32.2 Å². The zero-order valence-electron chi connectivity index (χ0n) is 18.9. The van der Waals surface area contributed by atoms with Crippen LogP contribution in [0.2, 0.25) is 0 Å². The van der Waals surface area contributed by atoms with Gasteiger partial charge in [0.1, 0.15) is 22.8 Å². The number of carbonyl (C=O) groups excluding carboxylic acids is 2.